The maximum Gasteiger partial charge on any atom is 0.120 e. The average molecular weight is 267 g/mol. The summed E-state index contributed by atoms with van der Waals surface area (Å²) >= 11 is 1.92. The van der Waals surface area contributed by atoms with Gasteiger partial charge in [-0.1, -0.05) is 12.1 Å². The summed E-state index contributed by atoms with van der Waals surface area (Å²) in [6, 6.07) is 8.33. The largest absolute Gasteiger partial charge is 0.491 e. The van der Waals surface area contributed by atoms with Crippen LogP contribution in [0.4, 0.5) is 0 Å². The third-order valence-electron chi connectivity index (χ3n) is 2.55. The quantitative estimate of drug-likeness (QED) is 0.689. The molecule has 102 valence electrons. The third kappa shape index (κ3) is 6.92. The Balaban J connectivity index is 2.25. The molecule has 3 heteroatoms. The van der Waals surface area contributed by atoms with Gasteiger partial charge in [-0.15, -0.1) is 0 Å². The van der Waals surface area contributed by atoms with Crippen LogP contribution >= 0.6 is 11.8 Å². The van der Waals surface area contributed by atoms with Crippen molar-refractivity contribution in [3.05, 3.63) is 29.8 Å². The van der Waals surface area contributed by atoms with E-state index >= 15 is 0 Å². The Kier molecular flexibility index (Phi) is 7.94. The first-order chi connectivity index (χ1) is 8.72. The molecule has 2 nitrogen and oxygen atoms in total. The predicted octanol–water partition coefficient (Wildman–Crippen LogP) is 3.71. The number of hydrogen-bond donors (Lipinski definition) is 1. The molecule has 0 saturated heterocycles. The number of ether oxygens (including phenoxy) is 1. The number of nitrogens with one attached hydrogen (secondary N) is 1. The zero-order valence-corrected chi connectivity index (χ0v) is 12.6. The number of thioether (sulfide) groups is 1. The maximum absolute atomic E-state index is 5.68. The van der Waals surface area contributed by atoms with Crippen molar-refractivity contribution in [3.8, 4) is 5.75 Å². The topological polar surface area (TPSA) is 21.3 Å². The maximum atomic E-state index is 5.68. The zero-order chi connectivity index (χ0) is 13.2. The van der Waals surface area contributed by atoms with E-state index in [1.54, 1.807) is 0 Å². The minimum Gasteiger partial charge on any atom is -0.491 e. The van der Waals surface area contributed by atoms with Crippen molar-refractivity contribution >= 4 is 11.8 Å². The first-order valence-electron chi connectivity index (χ1n) is 6.67. The van der Waals surface area contributed by atoms with Gasteiger partial charge < -0.3 is 10.1 Å². The normalized spacial score (nSPS) is 10.9. The van der Waals surface area contributed by atoms with Crippen molar-refractivity contribution in [3.63, 3.8) is 0 Å². The monoisotopic (exact) mass is 267 g/mol. The molecule has 1 rings (SSSR count). The number of unbranched alkanes of at least 4 members (excludes halogenated alkanes) is 1. The lowest BCUT2D eigenvalue weighted by Gasteiger charge is -2.11. The zero-order valence-electron chi connectivity index (χ0n) is 11.7. The van der Waals surface area contributed by atoms with Crippen molar-refractivity contribution in [1.82, 2.24) is 5.32 Å². The molecule has 0 aliphatic rings. The Morgan fingerprint density at radius 3 is 2.83 bits per heavy atom. The van der Waals surface area contributed by atoms with Gasteiger partial charge in [0.1, 0.15) is 5.75 Å². The van der Waals surface area contributed by atoms with Crippen LogP contribution in [0.15, 0.2) is 24.3 Å². The molecular weight excluding hydrogens is 242 g/mol. The molecule has 0 atom stereocenters. The van der Waals surface area contributed by atoms with Crippen LogP contribution in [-0.4, -0.2) is 24.7 Å². The van der Waals surface area contributed by atoms with E-state index in [-0.39, 0.29) is 6.10 Å². The SMILES string of the molecule is CSCCCCNCc1cccc(OC(C)C)c1. The van der Waals surface area contributed by atoms with Gasteiger partial charge in [-0.3, -0.25) is 0 Å². The van der Waals surface area contributed by atoms with Gasteiger partial charge in [0, 0.05) is 6.54 Å². The Morgan fingerprint density at radius 1 is 1.28 bits per heavy atom. The fraction of sp³-hybridized carbons (Fsp3) is 0.600. The van der Waals surface area contributed by atoms with Crippen molar-refractivity contribution < 1.29 is 4.74 Å². The number of benzene rings is 1. The summed E-state index contributed by atoms with van der Waals surface area (Å²) in [5, 5.41) is 3.48. The molecule has 0 bridgehead atoms. The fourth-order valence-electron chi connectivity index (χ4n) is 1.73. The van der Waals surface area contributed by atoms with Crippen LogP contribution in [0.5, 0.6) is 5.75 Å². The molecule has 1 aromatic rings. The van der Waals surface area contributed by atoms with Crippen molar-refractivity contribution in [1.29, 1.82) is 0 Å². The van der Waals surface area contributed by atoms with Gasteiger partial charge in [0.05, 0.1) is 6.10 Å². The molecule has 0 aromatic heterocycles. The Labute approximate surface area is 116 Å². The molecule has 1 N–H and O–H groups in total. The van der Waals surface area contributed by atoms with Gasteiger partial charge in [0.25, 0.3) is 0 Å². The summed E-state index contributed by atoms with van der Waals surface area (Å²) in [7, 11) is 0. The van der Waals surface area contributed by atoms with E-state index in [1.807, 2.05) is 17.8 Å². The van der Waals surface area contributed by atoms with Crippen LogP contribution in [0.25, 0.3) is 0 Å². The van der Waals surface area contributed by atoms with E-state index in [9.17, 15) is 0 Å². The van der Waals surface area contributed by atoms with Crippen molar-refractivity contribution in [2.45, 2.75) is 39.3 Å². The van der Waals surface area contributed by atoms with E-state index in [0.29, 0.717) is 0 Å². The standard InChI is InChI=1S/C15H25NOS/c1-13(2)17-15-8-6-7-14(11-15)12-16-9-4-5-10-18-3/h6-8,11,13,16H,4-5,9-10,12H2,1-3H3. The van der Waals surface area contributed by atoms with Gasteiger partial charge in [-0.05, 0) is 62.9 Å². The smallest absolute Gasteiger partial charge is 0.120 e. The van der Waals surface area contributed by atoms with Crippen LogP contribution in [-0.2, 0) is 6.54 Å². The van der Waals surface area contributed by atoms with Gasteiger partial charge in [0.15, 0.2) is 0 Å². The highest BCUT2D eigenvalue weighted by molar-refractivity contribution is 7.98. The molecule has 0 radical (unpaired) electrons. The molecule has 0 aliphatic carbocycles. The minimum atomic E-state index is 0.236. The Bertz CT molecular complexity index is 328. The Morgan fingerprint density at radius 2 is 2.11 bits per heavy atom. The van der Waals surface area contributed by atoms with Crippen molar-refractivity contribution in [2.24, 2.45) is 0 Å². The Hall–Kier alpha value is -0.670. The van der Waals surface area contributed by atoms with E-state index in [2.05, 4.69) is 43.6 Å². The van der Waals surface area contributed by atoms with E-state index in [1.165, 1.54) is 24.2 Å². The predicted molar refractivity (Wildman–Crippen MR) is 81.5 cm³/mol. The lowest BCUT2D eigenvalue weighted by atomic mass is 10.2. The van der Waals surface area contributed by atoms with Crippen LogP contribution in [0.2, 0.25) is 0 Å². The van der Waals surface area contributed by atoms with Gasteiger partial charge in [0.2, 0.25) is 0 Å². The molecular formula is C15H25NOS. The summed E-state index contributed by atoms with van der Waals surface area (Å²) in [6.07, 6.45) is 4.95. The molecule has 0 spiro atoms. The van der Waals surface area contributed by atoms with Gasteiger partial charge >= 0.3 is 0 Å². The summed E-state index contributed by atoms with van der Waals surface area (Å²) in [5.41, 5.74) is 1.29. The summed E-state index contributed by atoms with van der Waals surface area (Å²) in [4.78, 5) is 0. The highest BCUT2D eigenvalue weighted by atomic mass is 32.2. The second-order valence-corrected chi connectivity index (χ2v) is 5.68. The fourth-order valence-corrected chi connectivity index (χ4v) is 2.22. The summed E-state index contributed by atoms with van der Waals surface area (Å²) in [5.74, 6) is 2.23. The molecule has 0 aliphatic heterocycles. The van der Waals surface area contributed by atoms with E-state index in [4.69, 9.17) is 4.74 Å². The van der Waals surface area contributed by atoms with Gasteiger partial charge in [-0.2, -0.15) is 11.8 Å². The lowest BCUT2D eigenvalue weighted by Crippen LogP contribution is -2.15. The second kappa shape index (κ2) is 9.29. The van der Waals surface area contributed by atoms with Gasteiger partial charge in [-0.25, -0.2) is 0 Å². The van der Waals surface area contributed by atoms with E-state index < -0.39 is 0 Å². The molecule has 0 amide bonds. The number of hydrogen-bond acceptors (Lipinski definition) is 3. The summed E-state index contributed by atoms with van der Waals surface area (Å²) in [6.45, 7) is 6.12. The molecule has 0 saturated carbocycles. The first kappa shape index (κ1) is 15.4. The molecule has 0 unspecified atom stereocenters. The lowest BCUT2D eigenvalue weighted by molar-refractivity contribution is 0.242. The summed E-state index contributed by atoms with van der Waals surface area (Å²) < 4.78 is 5.68. The van der Waals surface area contributed by atoms with Crippen LogP contribution < -0.4 is 10.1 Å². The highest BCUT2D eigenvalue weighted by Gasteiger charge is 1.99. The number of rotatable bonds is 9. The molecule has 1 aromatic carbocycles. The highest BCUT2D eigenvalue weighted by Crippen LogP contribution is 2.14. The third-order valence-corrected chi connectivity index (χ3v) is 3.25. The average Bonchev–Trinajstić information content (AvgIpc) is 2.33. The van der Waals surface area contributed by atoms with Crippen molar-refractivity contribution in [2.75, 3.05) is 18.6 Å². The van der Waals surface area contributed by atoms with Crippen LogP contribution in [0.1, 0.15) is 32.3 Å². The molecule has 0 heterocycles. The minimum absolute atomic E-state index is 0.236. The molecule has 18 heavy (non-hydrogen) atoms. The second-order valence-electron chi connectivity index (χ2n) is 4.69. The van der Waals surface area contributed by atoms with Crippen LogP contribution in [0.3, 0.4) is 0 Å². The van der Waals surface area contributed by atoms with E-state index in [0.717, 1.165) is 18.8 Å². The first-order valence-corrected chi connectivity index (χ1v) is 8.07. The molecule has 0 fully saturated rings. The van der Waals surface area contributed by atoms with Crippen LogP contribution in [0, 0.1) is 0 Å².